The van der Waals surface area contributed by atoms with Crippen molar-refractivity contribution in [1.29, 1.82) is 0 Å². The van der Waals surface area contributed by atoms with Gasteiger partial charge in [-0.15, -0.1) is 0 Å². The van der Waals surface area contributed by atoms with Gasteiger partial charge in [-0.2, -0.15) is 0 Å². The first-order valence-electron chi connectivity index (χ1n) is 6.51. The average molecular weight is 268 g/mol. The second kappa shape index (κ2) is 5.26. The summed E-state index contributed by atoms with van der Waals surface area (Å²) in [6.45, 7) is 8.20. The van der Waals surface area contributed by atoms with Crippen molar-refractivity contribution in [2.45, 2.75) is 39.5 Å². The number of nitrogens with zero attached hydrogens (tertiary/aromatic N) is 2. The van der Waals surface area contributed by atoms with Gasteiger partial charge in [0.1, 0.15) is 4.88 Å². The molecular weight excluding hydrogens is 248 g/mol. The molecule has 0 bridgehead atoms. The number of carboxylic acid groups (broad SMARTS) is 1. The predicted molar refractivity (Wildman–Crippen MR) is 73.8 cm³/mol. The molecule has 100 valence electrons. The molecule has 1 aromatic rings. The molecule has 0 saturated heterocycles. The summed E-state index contributed by atoms with van der Waals surface area (Å²) >= 11 is 1.33. The van der Waals surface area contributed by atoms with E-state index in [9.17, 15) is 9.90 Å². The third-order valence-corrected chi connectivity index (χ3v) is 4.16. The number of anilines is 1. The van der Waals surface area contributed by atoms with Crippen LogP contribution in [0.1, 0.15) is 54.9 Å². The Kier molecular flexibility index (Phi) is 3.90. The molecule has 1 N–H and O–H groups in total. The minimum Gasteiger partial charge on any atom is -0.477 e. The maximum Gasteiger partial charge on any atom is 0.347 e. The van der Waals surface area contributed by atoms with E-state index in [1.165, 1.54) is 11.3 Å². The highest BCUT2D eigenvalue weighted by Crippen LogP contribution is 2.44. The second-order valence-electron chi connectivity index (χ2n) is 5.22. The summed E-state index contributed by atoms with van der Waals surface area (Å²) in [5, 5.41) is 10.1. The van der Waals surface area contributed by atoms with Crippen LogP contribution in [0.2, 0.25) is 0 Å². The van der Waals surface area contributed by atoms with Gasteiger partial charge in [0.25, 0.3) is 0 Å². The van der Waals surface area contributed by atoms with E-state index in [1.54, 1.807) is 0 Å². The number of thiazole rings is 1. The Bertz CT molecular complexity index is 438. The number of rotatable bonds is 6. The topological polar surface area (TPSA) is 53.4 Å². The van der Waals surface area contributed by atoms with Gasteiger partial charge in [0.15, 0.2) is 5.13 Å². The molecule has 5 heteroatoms. The van der Waals surface area contributed by atoms with Crippen molar-refractivity contribution >= 4 is 22.4 Å². The molecule has 0 amide bonds. The van der Waals surface area contributed by atoms with Crippen molar-refractivity contribution in [3.05, 3.63) is 10.6 Å². The predicted octanol–water partition coefficient (Wildman–Crippen LogP) is 3.20. The van der Waals surface area contributed by atoms with Gasteiger partial charge in [0.05, 0.1) is 5.69 Å². The van der Waals surface area contributed by atoms with E-state index < -0.39 is 5.97 Å². The van der Waals surface area contributed by atoms with Gasteiger partial charge in [0.2, 0.25) is 0 Å². The Morgan fingerprint density at radius 1 is 1.56 bits per heavy atom. The molecule has 1 fully saturated rings. The number of carboxylic acids is 1. The lowest BCUT2D eigenvalue weighted by Gasteiger charge is -2.21. The molecule has 0 spiro atoms. The summed E-state index contributed by atoms with van der Waals surface area (Å²) in [6.07, 6.45) is 2.17. The molecule has 0 unspecified atom stereocenters. The van der Waals surface area contributed by atoms with E-state index >= 15 is 0 Å². The maximum atomic E-state index is 11.3. The van der Waals surface area contributed by atoms with Gasteiger partial charge in [0, 0.05) is 19.0 Å². The summed E-state index contributed by atoms with van der Waals surface area (Å²) in [7, 11) is 0. The van der Waals surface area contributed by atoms with Crippen LogP contribution in [0.4, 0.5) is 5.13 Å². The molecule has 18 heavy (non-hydrogen) atoms. The van der Waals surface area contributed by atoms with E-state index in [-0.39, 0.29) is 0 Å². The molecule has 1 heterocycles. The van der Waals surface area contributed by atoms with Crippen molar-refractivity contribution < 1.29 is 9.90 Å². The highest BCUT2D eigenvalue weighted by molar-refractivity contribution is 7.17. The molecule has 0 radical (unpaired) electrons. The first-order valence-corrected chi connectivity index (χ1v) is 7.33. The van der Waals surface area contributed by atoms with Gasteiger partial charge in [-0.1, -0.05) is 25.2 Å². The van der Waals surface area contributed by atoms with Crippen molar-refractivity contribution in [3.63, 3.8) is 0 Å². The fourth-order valence-electron chi connectivity index (χ4n) is 2.03. The summed E-state index contributed by atoms with van der Waals surface area (Å²) in [4.78, 5) is 18.4. The number of aromatic carboxylic acids is 1. The highest BCUT2D eigenvalue weighted by Gasteiger charge is 2.32. The molecule has 2 rings (SSSR count). The standard InChI is InChI=1S/C13H20N2O2S/c1-4-15(7-8(2)3)13-14-10(9-5-6-9)11(18-13)12(16)17/h8-9H,4-7H2,1-3H3,(H,16,17). The first-order chi connectivity index (χ1) is 8.52. The van der Waals surface area contributed by atoms with Crippen LogP contribution in [0.3, 0.4) is 0 Å². The Balaban J connectivity index is 2.27. The quantitative estimate of drug-likeness (QED) is 0.860. The Labute approximate surface area is 112 Å². The monoisotopic (exact) mass is 268 g/mol. The molecule has 4 nitrogen and oxygen atoms in total. The molecule has 1 aliphatic rings. The summed E-state index contributed by atoms with van der Waals surface area (Å²) in [5.41, 5.74) is 0.810. The smallest absolute Gasteiger partial charge is 0.347 e. The zero-order valence-corrected chi connectivity index (χ0v) is 12.0. The zero-order valence-electron chi connectivity index (χ0n) is 11.1. The largest absolute Gasteiger partial charge is 0.477 e. The third kappa shape index (κ3) is 2.83. The molecule has 0 atom stereocenters. The molecule has 1 aliphatic carbocycles. The number of hydrogen-bond donors (Lipinski definition) is 1. The van der Waals surface area contributed by atoms with E-state index in [4.69, 9.17) is 0 Å². The summed E-state index contributed by atoms with van der Waals surface area (Å²) < 4.78 is 0. The lowest BCUT2D eigenvalue weighted by Crippen LogP contribution is -2.27. The number of aromatic nitrogens is 1. The average Bonchev–Trinajstić information content (AvgIpc) is 3.05. The highest BCUT2D eigenvalue weighted by atomic mass is 32.1. The lowest BCUT2D eigenvalue weighted by atomic mass is 10.2. The van der Waals surface area contributed by atoms with Crippen LogP contribution in [0, 0.1) is 5.92 Å². The van der Waals surface area contributed by atoms with Gasteiger partial charge < -0.3 is 10.0 Å². The minimum atomic E-state index is -0.832. The summed E-state index contributed by atoms with van der Waals surface area (Å²) in [5.74, 6) is 0.103. The molecule has 0 aliphatic heterocycles. The van der Waals surface area contributed by atoms with Crippen molar-refractivity contribution in [1.82, 2.24) is 4.98 Å². The van der Waals surface area contributed by atoms with E-state index in [0.29, 0.717) is 16.7 Å². The molecule has 0 aromatic carbocycles. The van der Waals surface area contributed by atoms with Gasteiger partial charge >= 0.3 is 5.97 Å². The van der Waals surface area contributed by atoms with Gasteiger partial charge in [-0.3, -0.25) is 0 Å². The number of carbonyl (C=O) groups is 1. The van der Waals surface area contributed by atoms with E-state index in [0.717, 1.165) is 36.8 Å². The van der Waals surface area contributed by atoms with Gasteiger partial charge in [-0.25, -0.2) is 9.78 Å². The van der Waals surface area contributed by atoms with Gasteiger partial charge in [-0.05, 0) is 25.7 Å². The van der Waals surface area contributed by atoms with Crippen LogP contribution < -0.4 is 4.90 Å². The molecular formula is C13H20N2O2S. The fraction of sp³-hybridized carbons (Fsp3) is 0.692. The van der Waals surface area contributed by atoms with E-state index in [1.807, 2.05) is 0 Å². The van der Waals surface area contributed by atoms with E-state index in [2.05, 4.69) is 30.7 Å². The fourth-order valence-corrected chi connectivity index (χ4v) is 3.09. The van der Waals surface area contributed by atoms with Crippen LogP contribution in [0.25, 0.3) is 0 Å². The van der Waals surface area contributed by atoms with Crippen LogP contribution in [0.15, 0.2) is 0 Å². The van der Waals surface area contributed by atoms with Crippen LogP contribution in [0.5, 0.6) is 0 Å². The van der Waals surface area contributed by atoms with Crippen molar-refractivity contribution in [3.8, 4) is 0 Å². The van der Waals surface area contributed by atoms with Crippen molar-refractivity contribution in [2.75, 3.05) is 18.0 Å². The maximum absolute atomic E-state index is 11.3. The third-order valence-electron chi connectivity index (χ3n) is 3.04. The van der Waals surface area contributed by atoms with Crippen LogP contribution >= 0.6 is 11.3 Å². The lowest BCUT2D eigenvalue weighted by molar-refractivity contribution is 0.0700. The molecule has 1 aromatic heterocycles. The second-order valence-corrected chi connectivity index (χ2v) is 6.20. The van der Waals surface area contributed by atoms with Crippen molar-refractivity contribution in [2.24, 2.45) is 5.92 Å². The van der Waals surface area contributed by atoms with Crippen LogP contribution in [-0.4, -0.2) is 29.1 Å². The van der Waals surface area contributed by atoms with Crippen LogP contribution in [-0.2, 0) is 0 Å². The Morgan fingerprint density at radius 2 is 2.22 bits per heavy atom. The Morgan fingerprint density at radius 3 is 2.67 bits per heavy atom. The SMILES string of the molecule is CCN(CC(C)C)c1nc(C2CC2)c(C(=O)O)s1. The Hall–Kier alpha value is -1.10. The molecule has 1 saturated carbocycles. The first kappa shape index (κ1) is 13.3. The normalized spacial score (nSPS) is 15.1. The minimum absolute atomic E-state index is 0.388. The number of hydrogen-bond acceptors (Lipinski definition) is 4. The summed E-state index contributed by atoms with van der Waals surface area (Å²) in [6, 6.07) is 0. The zero-order chi connectivity index (χ0) is 13.3.